The molecule has 3 heterocycles. The summed E-state index contributed by atoms with van der Waals surface area (Å²) in [7, 11) is 4.97. The number of methoxy groups -OCH3 is 2. The first kappa shape index (κ1) is 22.0. The second-order valence-corrected chi connectivity index (χ2v) is 7.13. The van der Waals surface area contributed by atoms with E-state index in [0.717, 1.165) is 5.56 Å². The molecule has 3 aromatic heterocycles. The van der Waals surface area contributed by atoms with Crippen LogP contribution in [0.15, 0.2) is 48.9 Å². The number of aryl methyl sites for hydroxylation is 1. The Balaban J connectivity index is 1.80. The van der Waals surface area contributed by atoms with E-state index >= 15 is 0 Å². The van der Waals surface area contributed by atoms with Crippen molar-refractivity contribution in [3.8, 4) is 22.8 Å². The van der Waals surface area contributed by atoms with Gasteiger partial charge in [-0.15, -0.1) is 0 Å². The van der Waals surface area contributed by atoms with Gasteiger partial charge in [-0.1, -0.05) is 0 Å². The number of esters is 1. The molecule has 0 bridgehead atoms. The predicted octanol–water partition coefficient (Wildman–Crippen LogP) is 3.14. The highest BCUT2D eigenvalue weighted by molar-refractivity contribution is 5.82. The van der Waals surface area contributed by atoms with Gasteiger partial charge in [0.1, 0.15) is 29.4 Å². The largest absolute Gasteiger partial charge is 0.497 e. The van der Waals surface area contributed by atoms with Crippen LogP contribution in [0.4, 0.5) is 11.5 Å². The molecule has 4 aromatic rings. The summed E-state index contributed by atoms with van der Waals surface area (Å²) in [6, 6.07) is 8.95. The number of nitrogens with zero attached hydrogens (tertiary/aromatic N) is 6. The highest BCUT2D eigenvalue weighted by Gasteiger charge is 2.19. The maximum atomic E-state index is 12.4. The number of benzene rings is 1. The summed E-state index contributed by atoms with van der Waals surface area (Å²) in [5, 5.41) is 4.19. The van der Waals surface area contributed by atoms with Crippen LogP contribution in [0.5, 0.6) is 11.5 Å². The van der Waals surface area contributed by atoms with Crippen LogP contribution < -0.4 is 14.4 Å². The average molecular weight is 448 g/mol. The van der Waals surface area contributed by atoms with Gasteiger partial charge in [0.05, 0.1) is 44.6 Å². The van der Waals surface area contributed by atoms with E-state index in [4.69, 9.17) is 19.2 Å². The van der Waals surface area contributed by atoms with Gasteiger partial charge in [0.15, 0.2) is 5.65 Å². The lowest BCUT2D eigenvalue weighted by Crippen LogP contribution is -2.27. The highest BCUT2D eigenvalue weighted by atomic mass is 16.5. The number of hydrogen-bond acceptors (Lipinski definition) is 9. The fraction of sp³-hybridized carbons (Fsp3) is 0.261. The number of hydrogen-bond donors (Lipinski definition) is 0. The first-order valence-electron chi connectivity index (χ1n) is 10.3. The molecule has 0 amide bonds. The van der Waals surface area contributed by atoms with Gasteiger partial charge in [-0.25, -0.2) is 9.97 Å². The topological polar surface area (TPSA) is 104 Å². The Bertz CT molecular complexity index is 1270. The number of rotatable bonds is 8. The second kappa shape index (κ2) is 9.51. The maximum Gasteiger partial charge on any atom is 0.326 e. The Morgan fingerprint density at radius 3 is 2.45 bits per heavy atom. The number of fused-ring (bicyclic) bond motifs is 1. The summed E-state index contributed by atoms with van der Waals surface area (Å²) in [4.78, 5) is 28.0. The van der Waals surface area contributed by atoms with Gasteiger partial charge in [0.2, 0.25) is 0 Å². The molecule has 0 saturated heterocycles. The van der Waals surface area contributed by atoms with Gasteiger partial charge < -0.3 is 19.1 Å². The molecule has 1 aromatic carbocycles. The number of anilines is 2. The minimum absolute atomic E-state index is 0.0571. The zero-order valence-electron chi connectivity index (χ0n) is 18.8. The van der Waals surface area contributed by atoms with E-state index < -0.39 is 5.97 Å². The standard InChI is InChI=1S/C23H24N6O4/c1-5-33-22(30)14-29(16-8-17(31-3)10-18(9-16)32-4)21-7-6-19-23(27-21)26-20(12-24-19)15-11-25-28(2)13-15/h6-13H,5,14H2,1-4H3. The lowest BCUT2D eigenvalue weighted by molar-refractivity contribution is -0.141. The van der Waals surface area contributed by atoms with Gasteiger partial charge in [0.25, 0.3) is 0 Å². The lowest BCUT2D eigenvalue weighted by Gasteiger charge is -2.24. The highest BCUT2D eigenvalue weighted by Crippen LogP contribution is 2.32. The monoisotopic (exact) mass is 448 g/mol. The fourth-order valence-electron chi connectivity index (χ4n) is 3.32. The molecule has 0 N–H and O–H groups in total. The minimum Gasteiger partial charge on any atom is -0.497 e. The molecular formula is C23H24N6O4. The first-order chi connectivity index (χ1) is 16.0. The van der Waals surface area contributed by atoms with Crippen molar-refractivity contribution in [3.05, 3.63) is 48.9 Å². The molecule has 0 saturated carbocycles. The lowest BCUT2D eigenvalue weighted by atomic mass is 10.2. The fourth-order valence-corrected chi connectivity index (χ4v) is 3.32. The Labute approximate surface area is 190 Å². The van der Waals surface area contributed by atoms with Crippen molar-refractivity contribution in [1.29, 1.82) is 0 Å². The van der Waals surface area contributed by atoms with Crippen LogP contribution in [0, 0.1) is 0 Å². The van der Waals surface area contributed by atoms with Crippen LogP contribution in [0.3, 0.4) is 0 Å². The molecule has 33 heavy (non-hydrogen) atoms. The number of carbonyl (C=O) groups excluding carboxylic acids is 1. The Morgan fingerprint density at radius 2 is 1.82 bits per heavy atom. The third-order valence-electron chi connectivity index (χ3n) is 4.91. The summed E-state index contributed by atoms with van der Waals surface area (Å²) < 4.78 is 17.7. The summed E-state index contributed by atoms with van der Waals surface area (Å²) in [6.07, 6.45) is 5.26. The SMILES string of the molecule is CCOC(=O)CN(c1cc(OC)cc(OC)c1)c1ccc2ncc(-c3cnn(C)c3)nc2n1. The van der Waals surface area contributed by atoms with Gasteiger partial charge >= 0.3 is 5.97 Å². The molecule has 10 heteroatoms. The molecule has 0 unspecified atom stereocenters. The van der Waals surface area contributed by atoms with Crippen molar-refractivity contribution < 1.29 is 19.0 Å². The Hall–Kier alpha value is -4.21. The molecule has 0 fully saturated rings. The van der Waals surface area contributed by atoms with Crippen molar-refractivity contribution in [1.82, 2.24) is 24.7 Å². The molecular weight excluding hydrogens is 424 g/mol. The van der Waals surface area contributed by atoms with E-state index in [1.807, 2.05) is 19.3 Å². The average Bonchev–Trinajstić information content (AvgIpc) is 3.27. The molecule has 4 rings (SSSR count). The maximum absolute atomic E-state index is 12.4. The zero-order chi connectivity index (χ0) is 23.4. The van der Waals surface area contributed by atoms with E-state index in [0.29, 0.717) is 39.9 Å². The predicted molar refractivity (Wildman–Crippen MR) is 123 cm³/mol. The van der Waals surface area contributed by atoms with Gasteiger partial charge in [-0.05, 0) is 19.1 Å². The van der Waals surface area contributed by atoms with Crippen molar-refractivity contribution in [2.24, 2.45) is 7.05 Å². The number of aromatic nitrogens is 5. The summed E-state index contributed by atoms with van der Waals surface area (Å²) >= 11 is 0. The smallest absolute Gasteiger partial charge is 0.326 e. The normalized spacial score (nSPS) is 10.8. The quantitative estimate of drug-likeness (QED) is 0.376. The molecule has 170 valence electrons. The van der Waals surface area contributed by atoms with E-state index in [1.54, 1.807) is 67.4 Å². The molecule has 0 aliphatic rings. The number of pyridine rings is 1. The van der Waals surface area contributed by atoms with Crippen molar-refractivity contribution in [3.63, 3.8) is 0 Å². The van der Waals surface area contributed by atoms with Crippen LogP contribution in [0.1, 0.15) is 6.92 Å². The van der Waals surface area contributed by atoms with E-state index in [-0.39, 0.29) is 13.2 Å². The van der Waals surface area contributed by atoms with E-state index in [1.165, 1.54) is 0 Å². The van der Waals surface area contributed by atoms with Crippen LogP contribution in [-0.2, 0) is 16.6 Å². The second-order valence-electron chi connectivity index (χ2n) is 7.13. The molecule has 0 atom stereocenters. The van der Waals surface area contributed by atoms with Crippen LogP contribution >= 0.6 is 0 Å². The van der Waals surface area contributed by atoms with Crippen LogP contribution in [-0.4, -0.2) is 58.1 Å². The molecule has 0 aliphatic carbocycles. The third-order valence-corrected chi connectivity index (χ3v) is 4.91. The third kappa shape index (κ3) is 4.84. The van der Waals surface area contributed by atoms with Crippen molar-refractivity contribution >= 4 is 28.6 Å². The van der Waals surface area contributed by atoms with E-state index in [9.17, 15) is 4.79 Å². The van der Waals surface area contributed by atoms with Crippen LogP contribution in [0.25, 0.3) is 22.4 Å². The van der Waals surface area contributed by atoms with Gasteiger partial charge in [-0.3, -0.25) is 14.5 Å². The summed E-state index contributed by atoms with van der Waals surface area (Å²) in [5.74, 6) is 1.27. The summed E-state index contributed by atoms with van der Waals surface area (Å²) in [6.45, 7) is 1.98. The summed E-state index contributed by atoms with van der Waals surface area (Å²) in [5.41, 5.74) is 3.21. The first-order valence-corrected chi connectivity index (χ1v) is 10.3. The van der Waals surface area contributed by atoms with Gasteiger partial charge in [0, 0.05) is 37.0 Å². The van der Waals surface area contributed by atoms with Gasteiger partial charge in [-0.2, -0.15) is 5.10 Å². The van der Waals surface area contributed by atoms with Crippen molar-refractivity contribution in [2.45, 2.75) is 6.92 Å². The molecule has 0 aliphatic heterocycles. The number of carbonyl (C=O) groups is 1. The Kier molecular flexibility index (Phi) is 6.34. The van der Waals surface area contributed by atoms with E-state index in [2.05, 4.69) is 15.1 Å². The van der Waals surface area contributed by atoms with Crippen molar-refractivity contribution in [2.75, 3.05) is 32.3 Å². The minimum atomic E-state index is -0.392. The number of ether oxygens (including phenoxy) is 3. The molecule has 0 spiro atoms. The van der Waals surface area contributed by atoms with Crippen LogP contribution in [0.2, 0.25) is 0 Å². The Morgan fingerprint density at radius 1 is 1.06 bits per heavy atom. The molecule has 0 radical (unpaired) electrons. The zero-order valence-corrected chi connectivity index (χ0v) is 18.8. The molecule has 10 nitrogen and oxygen atoms in total.